The van der Waals surface area contributed by atoms with Crippen LogP contribution in [0.3, 0.4) is 0 Å². The van der Waals surface area contributed by atoms with E-state index < -0.39 is 0 Å². The summed E-state index contributed by atoms with van der Waals surface area (Å²) in [6.45, 7) is 3.54. The Morgan fingerprint density at radius 2 is 1.52 bits per heavy atom. The number of hydrogen-bond acceptors (Lipinski definition) is 4. The van der Waals surface area contributed by atoms with Crippen LogP contribution in [0, 0.1) is 0 Å². The van der Waals surface area contributed by atoms with E-state index in [9.17, 15) is 14.4 Å². The van der Waals surface area contributed by atoms with Crippen molar-refractivity contribution in [1.82, 2.24) is 4.90 Å². The molecule has 2 aromatic carbocycles. The van der Waals surface area contributed by atoms with Crippen molar-refractivity contribution in [2.45, 2.75) is 45.4 Å². The monoisotopic (exact) mass is 470 g/mol. The lowest BCUT2D eigenvalue weighted by atomic mass is 10.1. The number of hydrogen-bond donors (Lipinski definition) is 3. The zero-order valence-electron chi connectivity index (χ0n) is 19.0. The summed E-state index contributed by atoms with van der Waals surface area (Å²) >= 11 is 6.22. The minimum atomic E-state index is -0.252. The molecule has 0 spiro atoms. The maximum Gasteiger partial charge on any atom is 0.253 e. The van der Waals surface area contributed by atoms with Gasteiger partial charge in [-0.1, -0.05) is 31.4 Å². The van der Waals surface area contributed by atoms with Gasteiger partial charge in [-0.25, -0.2) is 0 Å². The fraction of sp³-hybridized carbons (Fsp3) is 0.400. The average molecular weight is 471 g/mol. The number of halogens is 1. The van der Waals surface area contributed by atoms with E-state index in [0.29, 0.717) is 34.1 Å². The molecule has 0 aromatic heterocycles. The Bertz CT molecular complexity index is 970. The molecule has 0 aliphatic carbocycles. The van der Waals surface area contributed by atoms with Crippen molar-refractivity contribution in [3.63, 3.8) is 0 Å². The van der Waals surface area contributed by atoms with Crippen LogP contribution in [-0.4, -0.2) is 42.3 Å². The van der Waals surface area contributed by atoms with Crippen LogP contribution >= 0.6 is 11.6 Å². The number of benzene rings is 2. The van der Waals surface area contributed by atoms with Crippen molar-refractivity contribution in [3.05, 3.63) is 53.1 Å². The van der Waals surface area contributed by atoms with Crippen LogP contribution < -0.4 is 16.0 Å². The van der Waals surface area contributed by atoms with E-state index in [1.165, 1.54) is 12.8 Å². The molecule has 0 bridgehead atoms. The third kappa shape index (κ3) is 7.49. The van der Waals surface area contributed by atoms with Crippen LogP contribution in [0.15, 0.2) is 42.5 Å². The lowest BCUT2D eigenvalue weighted by Crippen LogP contribution is -2.31. The summed E-state index contributed by atoms with van der Waals surface area (Å²) in [4.78, 5) is 38.8. The molecule has 3 N–H and O–H groups in total. The predicted molar refractivity (Wildman–Crippen MR) is 133 cm³/mol. The summed E-state index contributed by atoms with van der Waals surface area (Å²) in [7, 11) is 0. The van der Waals surface area contributed by atoms with Crippen LogP contribution in [-0.2, 0) is 9.59 Å². The van der Waals surface area contributed by atoms with E-state index in [2.05, 4.69) is 16.0 Å². The molecule has 1 fully saturated rings. The molecule has 0 saturated carbocycles. The number of rotatable bonds is 8. The second-order valence-corrected chi connectivity index (χ2v) is 8.59. The first-order chi connectivity index (χ1) is 16.0. The van der Waals surface area contributed by atoms with E-state index >= 15 is 0 Å². The average Bonchev–Trinajstić information content (AvgIpc) is 3.09. The SMILES string of the molecule is CCCC(=O)Nc1ccc(Cl)c(NCC(=O)Nc2ccc(C(=O)N3CCCCCC3)cc2)c1. The first kappa shape index (κ1) is 24.6. The summed E-state index contributed by atoms with van der Waals surface area (Å²) < 4.78 is 0. The van der Waals surface area contributed by atoms with Gasteiger partial charge in [-0.15, -0.1) is 0 Å². The molecule has 3 amide bonds. The molecule has 0 radical (unpaired) electrons. The lowest BCUT2D eigenvalue weighted by Gasteiger charge is -2.20. The highest BCUT2D eigenvalue weighted by molar-refractivity contribution is 6.33. The Balaban J connectivity index is 1.52. The van der Waals surface area contributed by atoms with Gasteiger partial charge in [0.05, 0.1) is 17.3 Å². The smallest absolute Gasteiger partial charge is 0.253 e. The Morgan fingerprint density at radius 1 is 0.879 bits per heavy atom. The first-order valence-electron chi connectivity index (χ1n) is 11.5. The van der Waals surface area contributed by atoms with Crippen molar-refractivity contribution < 1.29 is 14.4 Å². The summed E-state index contributed by atoms with van der Waals surface area (Å²) in [5.74, 6) is -0.281. The lowest BCUT2D eigenvalue weighted by molar-refractivity contribution is -0.116. The van der Waals surface area contributed by atoms with E-state index in [0.717, 1.165) is 32.4 Å². The third-order valence-electron chi connectivity index (χ3n) is 5.48. The summed E-state index contributed by atoms with van der Waals surface area (Å²) in [6, 6.07) is 12.1. The summed E-state index contributed by atoms with van der Waals surface area (Å²) in [6.07, 6.45) is 5.64. The van der Waals surface area contributed by atoms with Gasteiger partial charge < -0.3 is 20.9 Å². The molecule has 8 heteroatoms. The second kappa shape index (κ2) is 12.3. The van der Waals surface area contributed by atoms with Gasteiger partial charge in [-0.2, -0.15) is 0 Å². The molecule has 0 atom stereocenters. The molecule has 3 rings (SSSR count). The minimum Gasteiger partial charge on any atom is -0.375 e. The number of nitrogens with zero attached hydrogens (tertiary/aromatic N) is 1. The molecule has 2 aromatic rings. The van der Waals surface area contributed by atoms with Gasteiger partial charge >= 0.3 is 0 Å². The quantitative estimate of drug-likeness (QED) is 0.498. The second-order valence-electron chi connectivity index (χ2n) is 8.18. The van der Waals surface area contributed by atoms with Crippen molar-refractivity contribution in [1.29, 1.82) is 0 Å². The van der Waals surface area contributed by atoms with Crippen LogP contribution in [0.25, 0.3) is 0 Å². The van der Waals surface area contributed by atoms with Gasteiger partial charge in [0.1, 0.15) is 0 Å². The van der Waals surface area contributed by atoms with Gasteiger partial charge in [-0.3, -0.25) is 14.4 Å². The molecule has 7 nitrogen and oxygen atoms in total. The highest BCUT2D eigenvalue weighted by Crippen LogP contribution is 2.25. The van der Waals surface area contributed by atoms with E-state index in [4.69, 9.17) is 11.6 Å². The molecular weight excluding hydrogens is 440 g/mol. The number of carbonyl (C=O) groups is 3. The molecule has 0 unspecified atom stereocenters. The zero-order chi connectivity index (χ0) is 23.6. The summed E-state index contributed by atoms with van der Waals surface area (Å²) in [5.41, 5.74) is 2.41. The van der Waals surface area contributed by atoms with Crippen LogP contribution in [0.4, 0.5) is 17.1 Å². The fourth-order valence-corrected chi connectivity index (χ4v) is 3.91. The summed E-state index contributed by atoms with van der Waals surface area (Å²) in [5, 5.41) is 9.07. The van der Waals surface area contributed by atoms with Crippen molar-refractivity contribution in [3.8, 4) is 0 Å². The number of likely N-dealkylation sites (tertiary alicyclic amines) is 1. The van der Waals surface area contributed by atoms with E-state index in [1.807, 2.05) is 11.8 Å². The topological polar surface area (TPSA) is 90.5 Å². The Labute approximate surface area is 199 Å². The molecule has 1 aliphatic heterocycles. The third-order valence-corrected chi connectivity index (χ3v) is 5.81. The Kier molecular flexibility index (Phi) is 9.13. The zero-order valence-corrected chi connectivity index (χ0v) is 19.7. The fourth-order valence-electron chi connectivity index (χ4n) is 3.72. The molecular formula is C25H31ClN4O3. The maximum absolute atomic E-state index is 12.7. The number of anilines is 3. The number of amides is 3. The minimum absolute atomic E-state index is 0.000535. The molecule has 1 aliphatic rings. The first-order valence-corrected chi connectivity index (χ1v) is 11.9. The van der Waals surface area contributed by atoms with Crippen molar-refractivity contribution in [2.75, 3.05) is 35.6 Å². The van der Waals surface area contributed by atoms with Crippen LogP contribution in [0.2, 0.25) is 5.02 Å². The van der Waals surface area contributed by atoms with Gasteiger partial charge in [0.2, 0.25) is 11.8 Å². The standard InChI is InChI=1S/C25H31ClN4O3/c1-2-7-23(31)29-20-12-13-21(26)22(16-20)27-17-24(32)28-19-10-8-18(9-11-19)25(33)30-14-5-3-4-6-15-30/h8-13,16,27H,2-7,14-15,17H2,1H3,(H,28,32)(H,29,31). The Morgan fingerprint density at radius 3 is 2.18 bits per heavy atom. The van der Waals surface area contributed by atoms with Gasteiger partial charge in [0.15, 0.2) is 0 Å². The predicted octanol–water partition coefficient (Wildman–Crippen LogP) is 5.15. The number of nitrogens with one attached hydrogen (secondary N) is 3. The van der Waals surface area contributed by atoms with Crippen LogP contribution in [0.5, 0.6) is 0 Å². The highest BCUT2D eigenvalue weighted by atomic mass is 35.5. The van der Waals surface area contributed by atoms with Crippen LogP contribution in [0.1, 0.15) is 55.8 Å². The molecule has 1 saturated heterocycles. The van der Waals surface area contributed by atoms with Crippen molar-refractivity contribution in [2.24, 2.45) is 0 Å². The molecule has 1 heterocycles. The largest absolute Gasteiger partial charge is 0.375 e. The van der Waals surface area contributed by atoms with Gasteiger partial charge in [0.25, 0.3) is 5.91 Å². The normalized spacial score (nSPS) is 13.7. The molecule has 176 valence electrons. The maximum atomic E-state index is 12.7. The van der Waals surface area contributed by atoms with Gasteiger partial charge in [-0.05, 0) is 61.7 Å². The Hall–Kier alpha value is -3.06. The van der Waals surface area contributed by atoms with Crippen molar-refractivity contribution >= 4 is 46.4 Å². The molecule has 33 heavy (non-hydrogen) atoms. The highest BCUT2D eigenvalue weighted by Gasteiger charge is 2.17. The van der Waals surface area contributed by atoms with E-state index in [-0.39, 0.29) is 24.3 Å². The number of carbonyl (C=O) groups excluding carboxylic acids is 3. The van der Waals surface area contributed by atoms with Gasteiger partial charge in [0, 0.05) is 36.4 Å². The van der Waals surface area contributed by atoms with E-state index in [1.54, 1.807) is 42.5 Å².